The van der Waals surface area contributed by atoms with Gasteiger partial charge in [0.1, 0.15) is 0 Å². The highest BCUT2D eigenvalue weighted by atomic mass is 32.2. The van der Waals surface area contributed by atoms with Crippen molar-refractivity contribution in [1.29, 1.82) is 0 Å². The molecule has 0 bridgehead atoms. The van der Waals surface area contributed by atoms with Crippen molar-refractivity contribution in [2.24, 2.45) is 0 Å². The molecule has 0 atom stereocenters. The second-order valence-electron chi connectivity index (χ2n) is 7.65. The molecule has 7 heteroatoms. The van der Waals surface area contributed by atoms with Gasteiger partial charge in [0, 0.05) is 11.8 Å². The fraction of sp³-hybridized carbons (Fsp3) is 0.167. The van der Waals surface area contributed by atoms with Gasteiger partial charge in [-0.15, -0.1) is 0 Å². The molecule has 0 aliphatic carbocycles. The summed E-state index contributed by atoms with van der Waals surface area (Å²) in [6.45, 7) is 4.23. The molecule has 3 aromatic carbocycles. The van der Waals surface area contributed by atoms with E-state index in [1.54, 1.807) is 17.0 Å². The molecule has 31 heavy (non-hydrogen) atoms. The smallest absolute Gasteiger partial charge is 0.264 e. The lowest BCUT2D eigenvalue weighted by Gasteiger charge is -2.21. The SMILES string of the molecule is CC(C)c1ccc(N(C(=O)c2cccc(S(C)(=O)=O)c2)c2nc3ccccc3s2)cc1. The molecule has 158 valence electrons. The van der Waals surface area contributed by atoms with E-state index in [1.807, 2.05) is 48.5 Å². The Morgan fingerprint density at radius 3 is 2.32 bits per heavy atom. The number of para-hydroxylation sites is 1. The molecule has 0 radical (unpaired) electrons. The molecule has 1 aromatic heterocycles. The van der Waals surface area contributed by atoms with E-state index in [9.17, 15) is 13.2 Å². The molecule has 1 heterocycles. The number of hydrogen-bond donors (Lipinski definition) is 0. The van der Waals surface area contributed by atoms with E-state index in [0.717, 1.165) is 16.5 Å². The lowest BCUT2D eigenvalue weighted by molar-refractivity contribution is 0.0999. The predicted octanol–water partition coefficient (Wildman–Crippen LogP) is 5.80. The van der Waals surface area contributed by atoms with Crippen molar-refractivity contribution in [3.63, 3.8) is 0 Å². The fourth-order valence-corrected chi connectivity index (χ4v) is 4.92. The number of fused-ring (bicyclic) bond motifs is 1. The number of amides is 1. The summed E-state index contributed by atoms with van der Waals surface area (Å²) in [6, 6.07) is 21.6. The number of carbonyl (C=O) groups is 1. The first-order valence-corrected chi connectivity index (χ1v) is 12.5. The molecule has 0 N–H and O–H groups in total. The Hall–Kier alpha value is -3.03. The molecule has 0 aliphatic rings. The van der Waals surface area contributed by atoms with Crippen LogP contribution in [0, 0.1) is 0 Å². The van der Waals surface area contributed by atoms with Crippen LogP contribution in [0.15, 0.2) is 77.7 Å². The molecule has 0 spiro atoms. The zero-order valence-corrected chi connectivity index (χ0v) is 19.1. The topological polar surface area (TPSA) is 67.3 Å². The molecule has 0 aliphatic heterocycles. The number of thiazole rings is 1. The molecule has 4 aromatic rings. The molecular formula is C24H22N2O3S2. The second-order valence-corrected chi connectivity index (χ2v) is 10.7. The summed E-state index contributed by atoms with van der Waals surface area (Å²) in [6.07, 6.45) is 1.13. The van der Waals surface area contributed by atoms with Gasteiger partial charge in [-0.3, -0.25) is 9.69 Å². The maximum Gasteiger partial charge on any atom is 0.264 e. The summed E-state index contributed by atoms with van der Waals surface area (Å²) in [7, 11) is -3.43. The predicted molar refractivity (Wildman–Crippen MR) is 126 cm³/mol. The van der Waals surface area contributed by atoms with Gasteiger partial charge in [-0.1, -0.05) is 55.5 Å². The van der Waals surface area contributed by atoms with Crippen LogP contribution in [0.2, 0.25) is 0 Å². The minimum Gasteiger partial charge on any atom is -0.268 e. The molecule has 0 saturated carbocycles. The van der Waals surface area contributed by atoms with Crippen LogP contribution >= 0.6 is 11.3 Å². The molecule has 5 nitrogen and oxygen atoms in total. The van der Waals surface area contributed by atoms with Crippen molar-refractivity contribution < 1.29 is 13.2 Å². The maximum atomic E-state index is 13.6. The molecule has 0 unspecified atom stereocenters. The number of nitrogens with zero attached hydrogens (tertiary/aromatic N) is 2. The quantitative estimate of drug-likeness (QED) is 0.385. The van der Waals surface area contributed by atoms with Crippen molar-refractivity contribution >= 4 is 48.1 Å². The summed E-state index contributed by atoms with van der Waals surface area (Å²) in [5.41, 5.74) is 2.94. The monoisotopic (exact) mass is 450 g/mol. The van der Waals surface area contributed by atoms with Crippen LogP contribution in [-0.2, 0) is 9.84 Å². The van der Waals surface area contributed by atoms with Crippen LogP contribution in [0.25, 0.3) is 10.2 Å². The van der Waals surface area contributed by atoms with Gasteiger partial charge in [-0.2, -0.15) is 0 Å². The number of anilines is 2. The highest BCUT2D eigenvalue weighted by Crippen LogP contribution is 2.35. The molecule has 1 amide bonds. The summed E-state index contributed by atoms with van der Waals surface area (Å²) >= 11 is 1.42. The Morgan fingerprint density at radius 1 is 0.968 bits per heavy atom. The Morgan fingerprint density at radius 2 is 1.68 bits per heavy atom. The molecule has 0 saturated heterocycles. The van der Waals surface area contributed by atoms with Crippen molar-refractivity contribution in [2.75, 3.05) is 11.2 Å². The standard InChI is InChI=1S/C24H22N2O3S2/c1-16(2)17-11-13-19(14-12-17)26(24-25-21-9-4-5-10-22(21)30-24)23(27)18-7-6-8-20(15-18)31(3,28)29/h4-16H,1-3H3. The Balaban J connectivity index is 1.85. The van der Waals surface area contributed by atoms with Crippen molar-refractivity contribution in [3.8, 4) is 0 Å². The first-order chi connectivity index (χ1) is 14.7. The highest BCUT2D eigenvalue weighted by molar-refractivity contribution is 7.90. The van der Waals surface area contributed by atoms with Gasteiger partial charge in [0.15, 0.2) is 15.0 Å². The first kappa shape index (κ1) is 21.2. The van der Waals surface area contributed by atoms with Gasteiger partial charge in [-0.05, 0) is 53.9 Å². The average molecular weight is 451 g/mol. The number of carbonyl (C=O) groups excluding carboxylic acids is 1. The number of hydrogen-bond acceptors (Lipinski definition) is 5. The lowest BCUT2D eigenvalue weighted by Crippen LogP contribution is -2.26. The summed E-state index contributed by atoms with van der Waals surface area (Å²) in [5, 5.41) is 0.535. The lowest BCUT2D eigenvalue weighted by atomic mass is 10.0. The van der Waals surface area contributed by atoms with Gasteiger partial charge in [-0.25, -0.2) is 13.4 Å². The minimum absolute atomic E-state index is 0.109. The Kier molecular flexibility index (Phi) is 5.64. The minimum atomic E-state index is -3.43. The third-order valence-corrected chi connectivity index (χ3v) is 7.14. The van der Waals surface area contributed by atoms with E-state index in [1.165, 1.54) is 29.0 Å². The molecule has 4 rings (SSSR count). The number of rotatable bonds is 5. The normalized spacial score (nSPS) is 11.7. The summed E-state index contributed by atoms with van der Waals surface area (Å²) < 4.78 is 25.0. The van der Waals surface area contributed by atoms with Gasteiger partial charge >= 0.3 is 0 Å². The van der Waals surface area contributed by atoms with Crippen molar-refractivity contribution in [3.05, 3.63) is 83.9 Å². The van der Waals surface area contributed by atoms with E-state index < -0.39 is 9.84 Å². The van der Waals surface area contributed by atoms with Crippen molar-refractivity contribution in [1.82, 2.24) is 4.98 Å². The van der Waals surface area contributed by atoms with Crippen LogP contribution in [-0.4, -0.2) is 25.6 Å². The van der Waals surface area contributed by atoms with E-state index in [-0.39, 0.29) is 16.4 Å². The van der Waals surface area contributed by atoms with Crippen molar-refractivity contribution in [2.45, 2.75) is 24.7 Å². The maximum absolute atomic E-state index is 13.6. The second kappa shape index (κ2) is 8.24. The third kappa shape index (κ3) is 4.38. The highest BCUT2D eigenvalue weighted by Gasteiger charge is 2.24. The number of sulfone groups is 1. The van der Waals surface area contributed by atoms with Gasteiger partial charge in [0.05, 0.1) is 20.8 Å². The Labute approximate surface area is 185 Å². The molecule has 0 fully saturated rings. The number of benzene rings is 3. The van der Waals surface area contributed by atoms with Crippen LogP contribution in [0.1, 0.15) is 35.7 Å². The largest absolute Gasteiger partial charge is 0.268 e. The van der Waals surface area contributed by atoms with E-state index >= 15 is 0 Å². The summed E-state index contributed by atoms with van der Waals surface area (Å²) in [4.78, 5) is 19.9. The van der Waals surface area contributed by atoms with E-state index in [4.69, 9.17) is 0 Å². The number of aromatic nitrogens is 1. The zero-order chi connectivity index (χ0) is 22.2. The first-order valence-electron chi connectivity index (χ1n) is 9.84. The average Bonchev–Trinajstić information content (AvgIpc) is 3.17. The zero-order valence-electron chi connectivity index (χ0n) is 17.4. The van der Waals surface area contributed by atoms with E-state index in [2.05, 4.69) is 18.8 Å². The van der Waals surface area contributed by atoms with Gasteiger partial charge in [0.25, 0.3) is 5.91 Å². The van der Waals surface area contributed by atoms with Crippen LogP contribution in [0.4, 0.5) is 10.8 Å². The van der Waals surface area contributed by atoms with Crippen LogP contribution in [0.5, 0.6) is 0 Å². The van der Waals surface area contributed by atoms with Crippen LogP contribution < -0.4 is 4.90 Å². The fourth-order valence-electron chi connectivity index (χ4n) is 3.27. The third-order valence-electron chi connectivity index (χ3n) is 5.00. The van der Waals surface area contributed by atoms with Crippen LogP contribution in [0.3, 0.4) is 0 Å². The van der Waals surface area contributed by atoms with Gasteiger partial charge in [0.2, 0.25) is 0 Å². The van der Waals surface area contributed by atoms with E-state index in [0.29, 0.717) is 16.7 Å². The summed E-state index contributed by atoms with van der Waals surface area (Å²) in [5.74, 6) is 0.0361. The van der Waals surface area contributed by atoms with Gasteiger partial charge < -0.3 is 0 Å². The Bertz CT molecular complexity index is 1320. The molecular weight excluding hydrogens is 428 g/mol.